The van der Waals surface area contributed by atoms with Gasteiger partial charge in [-0.05, 0) is 62.4 Å². The van der Waals surface area contributed by atoms with Crippen molar-refractivity contribution in [1.29, 1.82) is 0 Å². The van der Waals surface area contributed by atoms with Crippen LogP contribution in [0.1, 0.15) is 13.8 Å². The van der Waals surface area contributed by atoms with Crippen LogP contribution in [0.15, 0.2) is 48.5 Å². The molecule has 2 rings (SSSR count). The van der Waals surface area contributed by atoms with Gasteiger partial charge in [0.15, 0.2) is 0 Å². The number of carbonyl (C=O) groups is 2. The van der Waals surface area contributed by atoms with Crippen LogP contribution in [0.2, 0.25) is 0 Å². The monoisotopic (exact) mass is 388 g/mol. The SMILES string of the molecule is CCOc1ccc(NC(=O)CS[C@H](C)C(=O)Nc2ccc(OC)cc2)cc1. The maximum atomic E-state index is 12.2. The van der Waals surface area contributed by atoms with Crippen LogP contribution in [0.25, 0.3) is 0 Å². The molecule has 0 bridgehead atoms. The van der Waals surface area contributed by atoms with Crippen LogP contribution in [-0.4, -0.2) is 36.5 Å². The minimum Gasteiger partial charge on any atom is -0.497 e. The van der Waals surface area contributed by atoms with E-state index in [1.54, 1.807) is 62.6 Å². The molecule has 144 valence electrons. The Morgan fingerprint density at radius 2 is 1.52 bits per heavy atom. The third-order valence-corrected chi connectivity index (χ3v) is 4.78. The second-order valence-electron chi connectivity index (χ2n) is 5.68. The summed E-state index contributed by atoms with van der Waals surface area (Å²) in [5.74, 6) is 1.35. The van der Waals surface area contributed by atoms with E-state index < -0.39 is 0 Å². The highest BCUT2D eigenvalue weighted by molar-refractivity contribution is 8.01. The van der Waals surface area contributed by atoms with Gasteiger partial charge in [0.2, 0.25) is 11.8 Å². The smallest absolute Gasteiger partial charge is 0.237 e. The Morgan fingerprint density at radius 1 is 0.963 bits per heavy atom. The van der Waals surface area contributed by atoms with Crippen molar-refractivity contribution in [3.05, 3.63) is 48.5 Å². The van der Waals surface area contributed by atoms with Gasteiger partial charge in [0.25, 0.3) is 0 Å². The number of nitrogens with one attached hydrogen (secondary N) is 2. The minimum absolute atomic E-state index is 0.154. The average Bonchev–Trinajstić information content (AvgIpc) is 2.68. The molecule has 0 aromatic heterocycles. The van der Waals surface area contributed by atoms with Gasteiger partial charge in [0.1, 0.15) is 11.5 Å². The summed E-state index contributed by atoms with van der Waals surface area (Å²) in [6, 6.07) is 14.3. The number of thioether (sulfide) groups is 1. The average molecular weight is 388 g/mol. The van der Waals surface area contributed by atoms with Gasteiger partial charge in [0, 0.05) is 11.4 Å². The molecular weight excluding hydrogens is 364 g/mol. The van der Waals surface area contributed by atoms with Crippen molar-refractivity contribution in [3.63, 3.8) is 0 Å². The van der Waals surface area contributed by atoms with E-state index >= 15 is 0 Å². The third kappa shape index (κ3) is 6.86. The molecular formula is C20H24N2O4S. The van der Waals surface area contributed by atoms with Crippen molar-refractivity contribution < 1.29 is 19.1 Å². The van der Waals surface area contributed by atoms with Gasteiger partial charge >= 0.3 is 0 Å². The summed E-state index contributed by atoms with van der Waals surface area (Å²) >= 11 is 1.28. The van der Waals surface area contributed by atoms with Crippen molar-refractivity contribution in [2.24, 2.45) is 0 Å². The summed E-state index contributed by atoms with van der Waals surface area (Å²) < 4.78 is 10.5. The molecule has 2 aromatic rings. The van der Waals surface area contributed by atoms with Crippen molar-refractivity contribution >= 4 is 35.0 Å². The highest BCUT2D eigenvalue weighted by Gasteiger charge is 2.15. The topological polar surface area (TPSA) is 76.7 Å². The molecule has 0 radical (unpaired) electrons. The zero-order valence-electron chi connectivity index (χ0n) is 15.7. The first-order chi connectivity index (χ1) is 13.0. The lowest BCUT2D eigenvalue weighted by atomic mass is 10.3. The lowest BCUT2D eigenvalue weighted by Crippen LogP contribution is -2.25. The predicted octanol–water partition coefficient (Wildman–Crippen LogP) is 3.79. The van der Waals surface area contributed by atoms with Crippen LogP contribution in [0.5, 0.6) is 11.5 Å². The molecule has 0 aliphatic rings. The number of rotatable bonds is 9. The molecule has 27 heavy (non-hydrogen) atoms. The Hall–Kier alpha value is -2.67. The molecule has 0 fully saturated rings. The normalized spacial score (nSPS) is 11.4. The molecule has 0 aliphatic heterocycles. The Labute approximate surface area is 163 Å². The van der Waals surface area contributed by atoms with Crippen LogP contribution in [0, 0.1) is 0 Å². The standard InChI is InChI=1S/C20H24N2O4S/c1-4-26-18-11-7-15(8-12-18)21-19(23)13-27-14(2)20(24)22-16-5-9-17(25-3)10-6-16/h5-12,14H,4,13H2,1-3H3,(H,21,23)(H,22,24)/t14-/m1/s1. The first kappa shape index (κ1) is 20.6. The van der Waals surface area contributed by atoms with Crippen molar-refractivity contribution in [2.45, 2.75) is 19.1 Å². The zero-order valence-corrected chi connectivity index (χ0v) is 16.5. The van der Waals surface area contributed by atoms with Crippen LogP contribution >= 0.6 is 11.8 Å². The Bertz CT molecular complexity index is 748. The van der Waals surface area contributed by atoms with Gasteiger partial charge in [-0.25, -0.2) is 0 Å². The Morgan fingerprint density at radius 3 is 2.07 bits per heavy atom. The molecule has 6 nitrogen and oxygen atoms in total. The van der Waals surface area contributed by atoms with E-state index in [0.717, 1.165) is 11.5 Å². The fourth-order valence-electron chi connectivity index (χ4n) is 2.19. The number of ether oxygens (including phenoxy) is 2. The molecule has 0 spiro atoms. The number of carbonyl (C=O) groups excluding carboxylic acids is 2. The number of amides is 2. The molecule has 0 unspecified atom stereocenters. The van der Waals surface area contributed by atoms with Crippen LogP contribution < -0.4 is 20.1 Å². The maximum absolute atomic E-state index is 12.2. The first-order valence-electron chi connectivity index (χ1n) is 8.61. The fraction of sp³-hybridized carbons (Fsp3) is 0.300. The van der Waals surface area contributed by atoms with E-state index in [-0.39, 0.29) is 22.8 Å². The van der Waals surface area contributed by atoms with E-state index in [1.807, 2.05) is 6.92 Å². The van der Waals surface area contributed by atoms with Crippen molar-refractivity contribution in [3.8, 4) is 11.5 Å². The minimum atomic E-state index is -0.363. The van der Waals surface area contributed by atoms with Gasteiger partial charge in [-0.15, -0.1) is 11.8 Å². The molecule has 2 aromatic carbocycles. The van der Waals surface area contributed by atoms with Crippen LogP contribution in [0.3, 0.4) is 0 Å². The van der Waals surface area contributed by atoms with E-state index in [2.05, 4.69) is 10.6 Å². The third-order valence-electron chi connectivity index (χ3n) is 3.64. The van der Waals surface area contributed by atoms with Gasteiger partial charge in [-0.2, -0.15) is 0 Å². The molecule has 2 N–H and O–H groups in total. The van der Waals surface area contributed by atoms with Crippen LogP contribution in [0.4, 0.5) is 11.4 Å². The molecule has 0 saturated carbocycles. The molecule has 2 amide bonds. The van der Waals surface area contributed by atoms with Crippen LogP contribution in [-0.2, 0) is 9.59 Å². The first-order valence-corrected chi connectivity index (χ1v) is 9.66. The zero-order chi connectivity index (χ0) is 19.6. The van der Waals surface area contributed by atoms with Gasteiger partial charge in [-0.3, -0.25) is 9.59 Å². The quantitative estimate of drug-likeness (QED) is 0.683. The number of methoxy groups -OCH3 is 1. The lowest BCUT2D eigenvalue weighted by molar-refractivity contribution is -0.115. The van der Waals surface area contributed by atoms with E-state index in [4.69, 9.17) is 9.47 Å². The molecule has 1 atom stereocenters. The number of anilines is 2. The number of hydrogen-bond donors (Lipinski definition) is 2. The number of benzene rings is 2. The molecule has 7 heteroatoms. The predicted molar refractivity (Wildman–Crippen MR) is 110 cm³/mol. The summed E-state index contributed by atoms with van der Waals surface area (Å²) in [6.45, 7) is 4.28. The van der Waals surface area contributed by atoms with E-state index in [1.165, 1.54) is 11.8 Å². The van der Waals surface area contributed by atoms with E-state index in [9.17, 15) is 9.59 Å². The van der Waals surface area contributed by atoms with Gasteiger partial charge < -0.3 is 20.1 Å². The van der Waals surface area contributed by atoms with Gasteiger partial charge in [-0.1, -0.05) is 0 Å². The highest BCUT2D eigenvalue weighted by atomic mass is 32.2. The Kier molecular flexibility index (Phi) is 8.00. The summed E-state index contributed by atoms with van der Waals surface area (Å²) in [5.41, 5.74) is 1.38. The molecule has 0 heterocycles. The summed E-state index contributed by atoms with van der Waals surface area (Å²) in [5, 5.41) is 5.27. The van der Waals surface area contributed by atoms with Gasteiger partial charge in [0.05, 0.1) is 24.7 Å². The summed E-state index contributed by atoms with van der Waals surface area (Å²) in [4.78, 5) is 24.3. The van der Waals surface area contributed by atoms with E-state index in [0.29, 0.717) is 18.0 Å². The second-order valence-corrected chi connectivity index (χ2v) is 7.01. The summed E-state index contributed by atoms with van der Waals surface area (Å²) in [7, 11) is 1.59. The largest absolute Gasteiger partial charge is 0.497 e. The summed E-state index contributed by atoms with van der Waals surface area (Å²) in [6.07, 6.45) is 0. The van der Waals surface area contributed by atoms with Crippen molar-refractivity contribution in [1.82, 2.24) is 0 Å². The molecule has 0 aliphatic carbocycles. The Balaban J connectivity index is 1.76. The van der Waals surface area contributed by atoms with Crippen molar-refractivity contribution in [2.75, 3.05) is 30.1 Å². The molecule has 0 saturated heterocycles. The fourth-order valence-corrected chi connectivity index (χ4v) is 2.88. The lowest BCUT2D eigenvalue weighted by Gasteiger charge is -2.12. The second kappa shape index (κ2) is 10.5. The number of hydrogen-bond acceptors (Lipinski definition) is 5. The highest BCUT2D eigenvalue weighted by Crippen LogP contribution is 2.19. The maximum Gasteiger partial charge on any atom is 0.237 e.